The van der Waals surface area contributed by atoms with E-state index in [0.717, 1.165) is 19.4 Å². The Kier molecular flexibility index (Phi) is 1.01. The summed E-state index contributed by atoms with van der Waals surface area (Å²) in [5.41, 5.74) is 0. The van der Waals surface area contributed by atoms with Gasteiger partial charge in [0.05, 0.1) is 0 Å². The lowest BCUT2D eigenvalue weighted by Gasteiger charge is -2.13. The normalized spacial score (nSPS) is 33.6. The van der Waals surface area contributed by atoms with Gasteiger partial charge in [0.15, 0.2) is 0 Å². The molecule has 50 valence electrons. The third kappa shape index (κ3) is 0.655. The van der Waals surface area contributed by atoms with Crippen molar-refractivity contribution in [3.05, 3.63) is 0 Å². The van der Waals surface area contributed by atoms with Gasteiger partial charge in [-0.3, -0.25) is 4.79 Å². The predicted molar refractivity (Wildman–Crippen MR) is 34.0 cm³/mol. The van der Waals surface area contributed by atoms with Gasteiger partial charge in [-0.05, 0) is 19.3 Å². The zero-order valence-corrected chi connectivity index (χ0v) is 5.47. The second-order valence-electron chi connectivity index (χ2n) is 2.92. The second-order valence-corrected chi connectivity index (χ2v) is 2.92. The molecule has 9 heavy (non-hydrogen) atoms. The lowest BCUT2D eigenvalue weighted by molar-refractivity contribution is -0.127. The number of fused-ring (bicyclic) bond motifs is 1. The lowest BCUT2D eigenvalue weighted by Crippen LogP contribution is -2.26. The summed E-state index contributed by atoms with van der Waals surface area (Å²) in [6.45, 7) is 1.03. The standard InChI is InChI=1S/C7H11NO/c9-7-4-3-6-2-1-5-8(6)7/h6H,1-5H2/t6-/m1/s1. The van der Waals surface area contributed by atoms with Gasteiger partial charge in [-0.25, -0.2) is 0 Å². The first-order chi connectivity index (χ1) is 4.38. The van der Waals surface area contributed by atoms with Crippen molar-refractivity contribution in [1.29, 1.82) is 0 Å². The van der Waals surface area contributed by atoms with E-state index in [1.807, 2.05) is 4.90 Å². The minimum absolute atomic E-state index is 0.387. The zero-order valence-electron chi connectivity index (χ0n) is 5.47. The molecule has 0 bridgehead atoms. The molecule has 0 aromatic carbocycles. The maximum atomic E-state index is 11.0. The van der Waals surface area contributed by atoms with Gasteiger partial charge in [0, 0.05) is 19.0 Å². The predicted octanol–water partition coefficient (Wildman–Crippen LogP) is 0.771. The first-order valence-electron chi connectivity index (χ1n) is 3.67. The van der Waals surface area contributed by atoms with Crippen molar-refractivity contribution in [2.75, 3.05) is 6.54 Å². The highest BCUT2D eigenvalue weighted by molar-refractivity contribution is 5.79. The van der Waals surface area contributed by atoms with Crippen LogP contribution in [0.3, 0.4) is 0 Å². The van der Waals surface area contributed by atoms with Crippen LogP contribution in [0.15, 0.2) is 0 Å². The van der Waals surface area contributed by atoms with E-state index < -0.39 is 0 Å². The number of hydrogen-bond donors (Lipinski definition) is 0. The van der Waals surface area contributed by atoms with Gasteiger partial charge in [-0.1, -0.05) is 0 Å². The van der Waals surface area contributed by atoms with Crippen molar-refractivity contribution >= 4 is 5.91 Å². The van der Waals surface area contributed by atoms with Gasteiger partial charge in [-0.2, -0.15) is 0 Å². The summed E-state index contributed by atoms with van der Waals surface area (Å²) in [5.74, 6) is 0.387. The van der Waals surface area contributed by atoms with E-state index in [4.69, 9.17) is 0 Å². The van der Waals surface area contributed by atoms with Crippen molar-refractivity contribution < 1.29 is 4.79 Å². The molecule has 2 fully saturated rings. The summed E-state index contributed by atoms with van der Waals surface area (Å²) in [7, 11) is 0. The number of carbonyl (C=O) groups is 1. The fourth-order valence-electron chi connectivity index (χ4n) is 1.90. The summed E-state index contributed by atoms with van der Waals surface area (Å²) in [5, 5.41) is 0. The summed E-state index contributed by atoms with van der Waals surface area (Å²) in [4.78, 5) is 13.0. The summed E-state index contributed by atoms with van der Waals surface area (Å²) in [6, 6.07) is 0.637. The van der Waals surface area contributed by atoms with Crippen LogP contribution in [-0.4, -0.2) is 23.4 Å². The Morgan fingerprint density at radius 3 is 3.11 bits per heavy atom. The van der Waals surface area contributed by atoms with E-state index in [1.165, 1.54) is 12.8 Å². The smallest absolute Gasteiger partial charge is 0.222 e. The van der Waals surface area contributed by atoms with Crippen LogP contribution >= 0.6 is 0 Å². The Hall–Kier alpha value is -0.530. The molecule has 0 N–H and O–H groups in total. The van der Waals surface area contributed by atoms with Crippen molar-refractivity contribution in [3.8, 4) is 0 Å². The SMILES string of the molecule is O=C1CC[C@H]2CCCN12. The molecule has 2 aliphatic heterocycles. The van der Waals surface area contributed by atoms with Crippen molar-refractivity contribution in [2.45, 2.75) is 31.7 Å². The zero-order chi connectivity index (χ0) is 6.27. The maximum absolute atomic E-state index is 11.0. The maximum Gasteiger partial charge on any atom is 0.222 e. The molecule has 1 atom stereocenters. The molecule has 2 heterocycles. The van der Waals surface area contributed by atoms with Gasteiger partial charge in [0.25, 0.3) is 0 Å². The molecule has 2 heteroatoms. The molecular formula is C7H11NO. The molecule has 2 nitrogen and oxygen atoms in total. The lowest BCUT2D eigenvalue weighted by atomic mass is 10.2. The summed E-state index contributed by atoms with van der Waals surface area (Å²) in [6.07, 6.45) is 4.42. The molecule has 2 rings (SSSR count). The van der Waals surface area contributed by atoms with E-state index >= 15 is 0 Å². The first-order valence-corrected chi connectivity index (χ1v) is 3.67. The van der Waals surface area contributed by atoms with Crippen LogP contribution < -0.4 is 0 Å². The molecular weight excluding hydrogens is 114 g/mol. The van der Waals surface area contributed by atoms with Gasteiger partial charge >= 0.3 is 0 Å². The fourth-order valence-corrected chi connectivity index (χ4v) is 1.90. The molecule has 0 aliphatic carbocycles. The Bertz CT molecular complexity index is 144. The van der Waals surface area contributed by atoms with Crippen LogP contribution in [0, 0.1) is 0 Å². The minimum atomic E-state index is 0.387. The summed E-state index contributed by atoms with van der Waals surface area (Å²) >= 11 is 0. The van der Waals surface area contributed by atoms with Crippen molar-refractivity contribution in [3.63, 3.8) is 0 Å². The second kappa shape index (κ2) is 1.72. The fraction of sp³-hybridized carbons (Fsp3) is 0.857. The van der Waals surface area contributed by atoms with Gasteiger partial charge < -0.3 is 4.90 Å². The van der Waals surface area contributed by atoms with E-state index in [2.05, 4.69) is 0 Å². The van der Waals surface area contributed by atoms with Crippen LogP contribution in [0.25, 0.3) is 0 Å². The van der Waals surface area contributed by atoms with Crippen molar-refractivity contribution in [1.82, 2.24) is 4.90 Å². The largest absolute Gasteiger partial charge is 0.340 e. The van der Waals surface area contributed by atoms with E-state index in [-0.39, 0.29) is 0 Å². The molecule has 0 unspecified atom stereocenters. The topological polar surface area (TPSA) is 20.3 Å². The quantitative estimate of drug-likeness (QED) is 0.468. The van der Waals surface area contributed by atoms with E-state index in [9.17, 15) is 4.79 Å². The van der Waals surface area contributed by atoms with E-state index in [1.54, 1.807) is 0 Å². The number of hydrogen-bond acceptors (Lipinski definition) is 1. The highest BCUT2D eigenvalue weighted by Crippen LogP contribution is 2.27. The molecule has 0 spiro atoms. The molecule has 0 aromatic heterocycles. The average Bonchev–Trinajstić information content (AvgIpc) is 2.35. The number of nitrogens with zero attached hydrogens (tertiary/aromatic N) is 1. The summed E-state index contributed by atoms with van der Waals surface area (Å²) < 4.78 is 0. The molecule has 0 saturated carbocycles. The third-order valence-corrected chi connectivity index (χ3v) is 2.39. The number of carbonyl (C=O) groups excluding carboxylic acids is 1. The molecule has 2 aliphatic rings. The highest BCUT2D eigenvalue weighted by Gasteiger charge is 2.33. The highest BCUT2D eigenvalue weighted by atomic mass is 16.2. The minimum Gasteiger partial charge on any atom is -0.340 e. The molecule has 0 aromatic rings. The molecule has 2 saturated heterocycles. The average molecular weight is 125 g/mol. The van der Waals surface area contributed by atoms with Gasteiger partial charge in [-0.15, -0.1) is 0 Å². The van der Waals surface area contributed by atoms with Gasteiger partial charge in [0.2, 0.25) is 5.91 Å². The number of rotatable bonds is 0. The Labute approximate surface area is 54.8 Å². The van der Waals surface area contributed by atoms with Crippen LogP contribution in [0.4, 0.5) is 0 Å². The van der Waals surface area contributed by atoms with Crippen LogP contribution in [0.1, 0.15) is 25.7 Å². The Morgan fingerprint density at radius 2 is 2.33 bits per heavy atom. The van der Waals surface area contributed by atoms with Gasteiger partial charge in [0.1, 0.15) is 0 Å². The van der Waals surface area contributed by atoms with Crippen LogP contribution in [0.2, 0.25) is 0 Å². The Morgan fingerprint density at radius 1 is 1.44 bits per heavy atom. The Balaban J connectivity index is 2.15. The van der Waals surface area contributed by atoms with Crippen LogP contribution in [-0.2, 0) is 4.79 Å². The molecule has 0 radical (unpaired) electrons. The van der Waals surface area contributed by atoms with E-state index in [0.29, 0.717) is 11.9 Å². The third-order valence-electron chi connectivity index (χ3n) is 2.39. The number of amides is 1. The molecule has 1 amide bonds. The van der Waals surface area contributed by atoms with Crippen molar-refractivity contribution in [2.24, 2.45) is 0 Å². The monoisotopic (exact) mass is 125 g/mol. The van der Waals surface area contributed by atoms with Crippen LogP contribution in [0.5, 0.6) is 0 Å². The first kappa shape index (κ1) is 5.27.